The van der Waals surface area contributed by atoms with Crippen molar-refractivity contribution in [3.63, 3.8) is 0 Å². The van der Waals surface area contributed by atoms with Crippen molar-refractivity contribution in [2.45, 2.75) is 26.2 Å². The maximum Gasteiger partial charge on any atom is 0.134 e. The summed E-state index contributed by atoms with van der Waals surface area (Å²) in [6.45, 7) is 6.45. The zero-order chi connectivity index (χ0) is 9.35. The van der Waals surface area contributed by atoms with Crippen LogP contribution in [-0.4, -0.2) is 7.11 Å². The minimum atomic E-state index is 0.114. The smallest absolute Gasteiger partial charge is 0.134 e. The summed E-state index contributed by atoms with van der Waals surface area (Å²) in [4.78, 5) is 1.20. The third-order valence-electron chi connectivity index (χ3n) is 1.57. The van der Waals surface area contributed by atoms with Crippen LogP contribution in [0, 0.1) is 0 Å². The largest absolute Gasteiger partial charge is 0.496 e. The predicted octanol–water partition coefficient (Wildman–Crippen LogP) is 3.71. The Hall–Kier alpha value is -0.210. The zero-order valence-corrected chi connectivity index (χ0v) is 9.34. The van der Waals surface area contributed by atoms with Gasteiger partial charge in [-0.25, -0.2) is 0 Å². The van der Waals surface area contributed by atoms with Crippen LogP contribution in [-0.2, 0) is 5.41 Å². The topological polar surface area (TPSA) is 9.23 Å². The second-order valence-corrected chi connectivity index (χ2v) is 5.38. The van der Waals surface area contributed by atoms with Gasteiger partial charge >= 0.3 is 0 Å². The van der Waals surface area contributed by atoms with E-state index >= 15 is 0 Å². The Morgan fingerprint density at radius 2 is 2.00 bits per heavy atom. The fraction of sp³-hybridized carbons (Fsp3) is 0.556. The summed E-state index contributed by atoms with van der Waals surface area (Å²) >= 11 is 7.48. The van der Waals surface area contributed by atoms with Gasteiger partial charge in [0.1, 0.15) is 5.75 Å². The number of hydrogen-bond donors (Lipinski definition) is 0. The average Bonchev–Trinajstić information content (AvgIpc) is 2.29. The molecule has 0 aliphatic rings. The van der Waals surface area contributed by atoms with Crippen molar-refractivity contribution >= 4 is 22.9 Å². The van der Waals surface area contributed by atoms with Crippen molar-refractivity contribution in [1.29, 1.82) is 0 Å². The van der Waals surface area contributed by atoms with Crippen LogP contribution >= 0.6 is 22.9 Å². The molecule has 0 N–H and O–H groups in total. The maximum atomic E-state index is 5.89. The summed E-state index contributed by atoms with van der Waals surface area (Å²) in [5, 5.41) is 0. The Balaban J connectivity index is 3.13. The van der Waals surface area contributed by atoms with Crippen LogP contribution in [0.15, 0.2) is 6.07 Å². The number of methoxy groups -OCH3 is 1. The van der Waals surface area contributed by atoms with Gasteiger partial charge in [-0.1, -0.05) is 32.4 Å². The Kier molecular flexibility index (Phi) is 2.69. The molecule has 0 radical (unpaired) electrons. The third-order valence-corrected chi connectivity index (χ3v) is 3.24. The fourth-order valence-electron chi connectivity index (χ4n) is 1.02. The van der Waals surface area contributed by atoms with Crippen molar-refractivity contribution < 1.29 is 4.74 Å². The Labute approximate surface area is 82.3 Å². The molecule has 1 aromatic rings. The quantitative estimate of drug-likeness (QED) is 0.678. The molecule has 1 rings (SSSR count). The van der Waals surface area contributed by atoms with E-state index in [1.54, 1.807) is 18.4 Å². The van der Waals surface area contributed by atoms with E-state index in [1.165, 1.54) is 4.88 Å². The normalized spacial score (nSPS) is 11.8. The molecule has 1 nitrogen and oxygen atoms in total. The van der Waals surface area contributed by atoms with Crippen LogP contribution in [0.2, 0.25) is 4.34 Å². The van der Waals surface area contributed by atoms with Gasteiger partial charge in [0.15, 0.2) is 0 Å². The molecule has 0 aliphatic heterocycles. The van der Waals surface area contributed by atoms with Crippen molar-refractivity contribution in [2.75, 3.05) is 7.11 Å². The highest BCUT2D eigenvalue weighted by atomic mass is 35.5. The standard InChI is InChI=1S/C9H13ClOS/c1-9(2,3)8-6(11-4)5-7(10)12-8/h5H,1-4H3. The van der Waals surface area contributed by atoms with Crippen LogP contribution < -0.4 is 4.74 Å². The lowest BCUT2D eigenvalue weighted by molar-refractivity contribution is 0.402. The van der Waals surface area contributed by atoms with Gasteiger partial charge in [0.05, 0.1) is 16.3 Å². The molecule has 1 aromatic heterocycles. The van der Waals surface area contributed by atoms with Gasteiger partial charge in [-0.15, -0.1) is 11.3 Å². The maximum absolute atomic E-state index is 5.89. The van der Waals surface area contributed by atoms with Crippen molar-refractivity contribution in [2.24, 2.45) is 0 Å². The summed E-state index contributed by atoms with van der Waals surface area (Å²) in [7, 11) is 1.67. The summed E-state index contributed by atoms with van der Waals surface area (Å²) in [6.07, 6.45) is 0. The molecule has 1 heterocycles. The summed E-state index contributed by atoms with van der Waals surface area (Å²) < 4.78 is 6.01. The molecule has 0 spiro atoms. The number of ether oxygens (including phenoxy) is 1. The highest BCUT2D eigenvalue weighted by Crippen LogP contribution is 2.40. The first kappa shape index (κ1) is 9.87. The predicted molar refractivity (Wildman–Crippen MR) is 54.6 cm³/mol. The van der Waals surface area contributed by atoms with Crippen LogP contribution in [0.5, 0.6) is 5.75 Å². The minimum absolute atomic E-state index is 0.114. The summed E-state index contributed by atoms with van der Waals surface area (Å²) in [5.41, 5.74) is 0.114. The van der Waals surface area contributed by atoms with E-state index in [2.05, 4.69) is 20.8 Å². The van der Waals surface area contributed by atoms with E-state index in [4.69, 9.17) is 16.3 Å². The van der Waals surface area contributed by atoms with Gasteiger partial charge in [-0.05, 0) is 5.41 Å². The van der Waals surface area contributed by atoms with Crippen molar-refractivity contribution in [1.82, 2.24) is 0 Å². The van der Waals surface area contributed by atoms with E-state index < -0.39 is 0 Å². The van der Waals surface area contributed by atoms with Gasteiger partial charge in [0.25, 0.3) is 0 Å². The van der Waals surface area contributed by atoms with Gasteiger partial charge in [-0.2, -0.15) is 0 Å². The molecule has 0 atom stereocenters. The lowest BCUT2D eigenvalue weighted by Gasteiger charge is -2.17. The second-order valence-electron chi connectivity index (χ2n) is 3.70. The molecule has 0 saturated carbocycles. The Morgan fingerprint density at radius 3 is 2.33 bits per heavy atom. The first-order chi connectivity index (χ1) is 5.45. The third kappa shape index (κ3) is 1.93. The molecule has 0 bridgehead atoms. The molecule has 0 fully saturated rings. The summed E-state index contributed by atoms with van der Waals surface area (Å²) in [6, 6.07) is 1.87. The highest BCUT2D eigenvalue weighted by Gasteiger charge is 2.21. The summed E-state index contributed by atoms with van der Waals surface area (Å²) in [5.74, 6) is 0.900. The second kappa shape index (κ2) is 3.27. The Morgan fingerprint density at radius 1 is 1.42 bits per heavy atom. The molecule has 12 heavy (non-hydrogen) atoms. The molecule has 0 unspecified atom stereocenters. The average molecular weight is 205 g/mol. The van der Waals surface area contributed by atoms with Crippen molar-refractivity contribution in [3.8, 4) is 5.75 Å². The first-order valence-electron chi connectivity index (χ1n) is 3.79. The van der Waals surface area contributed by atoms with Crippen LogP contribution in [0.25, 0.3) is 0 Å². The lowest BCUT2D eigenvalue weighted by Crippen LogP contribution is -2.09. The van der Waals surface area contributed by atoms with Crippen LogP contribution in [0.4, 0.5) is 0 Å². The van der Waals surface area contributed by atoms with Crippen molar-refractivity contribution in [3.05, 3.63) is 15.3 Å². The van der Waals surface area contributed by atoms with Gasteiger partial charge in [0.2, 0.25) is 0 Å². The number of halogens is 1. The SMILES string of the molecule is COc1cc(Cl)sc1C(C)(C)C. The minimum Gasteiger partial charge on any atom is -0.496 e. The molecular weight excluding hydrogens is 192 g/mol. The molecule has 0 amide bonds. The van der Waals surface area contributed by atoms with Gasteiger partial charge in [0, 0.05) is 6.07 Å². The van der Waals surface area contributed by atoms with E-state index in [0.717, 1.165) is 10.1 Å². The zero-order valence-electron chi connectivity index (χ0n) is 7.77. The first-order valence-corrected chi connectivity index (χ1v) is 4.98. The lowest BCUT2D eigenvalue weighted by atomic mass is 9.94. The van der Waals surface area contributed by atoms with E-state index in [-0.39, 0.29) is 5.41 Å². The monoisotopic (exact) mass is 204 g/mol. The highest BCUT2D eigenvalue weighted by molar-refractivity contribution is 7.16. The van der Waals surface area contributed by atoms with Gasteiger partial charge < -0.3 is 4.74 Å². The number of rotatable bonds is 1. The van der Waals surface area contributed by atoms with Crippen LogP contribution in [0.1, 0.15) is 25.6 Å². The van der Waals surface area contributed by atoms with E-state index in [9.17, 15) is 0 Å². The molecule has 0 saturated heterocycles. The Bertz CT molecular complexity index is 273. The van der Waals surface area contributed by atoms with E-state index in [1.807, 2.05) is 6.07 Å². The molecular formula is C9H13ClOS. The number of hydrogen-bond acceptors (Lipinski definition) is 2. The van der Waals surface area contributed by atoms with Crippen LogP contribution in [0.3, 0.4) is 0 Å². The number of thiophene rings is 1. The molecule has 0 aromatic carbocycles. The fourth-order valence-corrected chi connectivity index (χ4v) is 2.26. The van der Waals surface area contributed by atoms with Gasteiger partial charge in [-0.3, -0.25) is 0 Å². The molecule has 3 heteroatoms. The molecule has 68 valence electrons. The molecule has 0 aliphatic carbocycles. The van der Waals surface area contributed by atoms with E-state index in [0.29, 0.717) is 0 Å².